The molecule has 25 heavy (non-hydrogen) atoms. The maximum atomic E-state index is 11.9. The van der Waals surface area contributed by atoms with Gasteiger partial charge in [0.15, 0.2) is 11.5 Å². The Morgan fingerprint density at radius 1 is 1.24 bits per heavy atom. The van der Waals surface area contributed by atoms with Crippen LogP contribution in [0.15, 0.2) is 30.4 Å². The summed E-state index contributed by atoms with van der Waals surface area (Å²) >= 11 is 0. The van der Waals surface area contributed by atoms with Crippen molar-refractivity contribution in [2.75, 3.05) is 13.6 Å². The lowest BCUT2D eigenvalue weighted by Gasteiger charge is -2.12. The van der Waals surface area contributed by atoms with E-state index in [2.05, 4.69) is 12.2 Å². The van der Waals surface area contributed by atoms with Crippen molar-refractivity contribution in [2.24, 2.45) is 0 Å². The number of phenols is 1. The second-order valence-electron chi connectivity index (χ2n) is 6.18. The van der Waals surface area contributed by atoms with Crippen LogP contribution in [0, 0.1) is 0 Å². The minimum atomic E-state index is -0.730. The molecule has 1 unspecified atom stereocenters. The molecule has 0 bridgehead atoms. The van der Waals surface area contributed by atoms with Crippen LogP contribution in [0.3, 0.4) is 0 Å². The topological polar surface area (TPSA) is 78.8 Å². The van der Waals surface area contributed by atoms with Crippen molar-refractivity contribution >= 4 is 5.97 Å². The number of benzene rings is 1. The van der Waals surface area contributed by atoms with Gasteiger partial charge in [-0.25, -0.2) is 4.79 Å². The number of hydrogen-bond acceptors (Lipinski definition) is 5. The number of hydrogen-bond donors (Lipinski definition) is 3. The Morgan fingerprint density at radius 3 is 2.68 bits per heavy atom. The summed E-state index contributed by atoms with van der Waals surface area (Å²) in [4.78, 5) is 11.9. The van der Waals surface area contributed by atoms with E-state index < -0.39 is 12.1 Å². The van der Waals surface area contributed by atoms with Crippen molar-refractivity contribution in [3.8, 4) is 11.5 Å². The van der Waals surface area contributed by atoms with E-state index in [0.717, 1.165) is 12.8 Å². The Morgan fingerprint density at radius 2 is 1.96 bits per heavy atom. The number of likely N-dealkylation sites (N-methyl/N-ethyl adjacent to an activating group) is 1. The van der Waals surface area contributed by atoms with Crippen molar-refractivity contribution in [2.45, 2.75) is 58.0 Å². The number of rotatable bonds is 12. The van der Waals surface area contributed by atoms with Gasteiger partial charge in [-0.3, -0.25) is 0 Å². The van der Waals surface area contributed by atoms with Gasteiger partial charge in [0, 0.05) is 12.6 Å². The molecule has 3 N–H and O–H groups in total. The third-order valence-corrected chi connectivity index (χ3v) is 3.95. The molecule has 0 fully saturated rings. The summed E-state index contributed by atoms with van der Waals surface area (Å²) in [5, 5.41) is 22.6. The lowest BCUT2D eigenvalue weighted by Crippen LogP contribution is -2.16. The summed E-state index contributed by atoms with van der Waals surface area (Å²) in [6.07, 6.45) is 10.6. The number of aromatic hydroxyl groups is 1. The predicted octanol–water partition coefficient (Wildman–Crippen LogP) is 3.86. The average Bonchev–Trinajstić information content (AvgIpc) is 2.59. The second kappa shape index (κ2) is 12.5. The van der Waals surface area contributed by atoms with Crippen molar-refractivity contribution in [1.29, 1.82) is 0 Å². The maximum absolute atomic E-state index is 11.9. The Kier molecular flexibility index (Phi) is 10.6. The van der Waals surface area contributed by atoms with E-state index in [1.165, 1.54) is 50.3 Å². The molecular formula is C20H31NO4. The molecule has 1 atom stereocenters. The lowest BCUT2D eigenvalue weighted by molar-refractivity contribution is -0.129. The summed E-state index contributed by atoms with van der Waals surface area (Å²) in [6.45, 7) is 2.57. The number of allylic oxidation sites excluding steroid dienone is 1. The van der Waals surface area contributed by atoms with Crippen molar-refractivity contribution in [3.05, 3.63) is 35.9 Å². The van der Waals surface area contributed by atoms with E-state index in [-0.39, 0.29) is 11.5 Å². The number of unbranched alkanes of at least 4 members (excludes halogenated alkanes) is 6. The van der Waals surface area contributed by atoms with Gasteiger partial charge in [-0.05, 0) is 37.6 Å². The molecular weight excluding hydrogens is 318 g/mol. The zero-order valence-corrected chi connectivity index (χ0v) is 15.3. The monoisotopic (exact) mass is 349 g/mol. The molecule has 0 saturated carbocycles. The van der Waals surface area contributed by atoms with Gasteiger partial charge in [-0.15, -0.1) is 0 Å². The van der Waals surface area contributed by atoms with E-state index >= 15 is 0 Å². The first-order chi connectivity index (χ1) is 12.1. The molecule has 0 saturated heterocycles. The van der Waals surface area contributed by atoms with Gasteiger partial charge in [0.05, 0.1) is 6.10 Å². The quantitative estimate of drug-likeness (QED) is 0.231. The van der Waals surface area contributed by atoms with E-state index in [4.69, 9.17) is 4.74 Å². The van der Waals surface area contributed by atoms with Crippen LogP contribution in [0.1, 0.15) is 63.5 Å². The first kappa shape index (κ1) is 21.2. The molecule has 1 aromatic rings. The van der Waals surface area contributed by atoms with Crippen molar-refractivity contribution in [1.82, 2.24) is 5.32 Å². The summed E-state index contributed by atoms with van der Waals surface area (Å²) in [7, 11) is 1.74. The van der Waals surface area contributed by atoms with Crippen LogP contribution in [0.4, 0.5) is 0 Å². The van der Waals surface area contributed by atoms with Gasteiger partial charge in [-0.2, -0.15) is 0 Å². The van der Waals surface area contributed by atoms with Crippen LogP contribution in [0.25, 0.3) is 0 Å². The summed E-state index contributed by atoms with van der Waals surface area (Å²) in [5.74, 6) is -0.596. The third kappa shape index (κ3) is 8.70. The highest BCUT2D eigenvalue weighted by atomic mass is 16.5. The largest absolute Gasteiger partial charge is 0.504 e. The zero-order valence-electron chi connectivity index (χ0n) is 15.3. The van der Waals surface area contributed by atoms with Gasteiger partial charge in [0.25, 0.3) is 0 Å². The molecule has 0 spiro atoms. The zero-order chi connectivity index (χ0) is 18.5. The lowest BCUT2D eigenvalue weighted by atomic mass is 10.1. The molecule has 5 heteroatoms. The van der Waals surface area contributed by atoms with E-state index in [0.29, 0.717) is 12.1 Å². The number of carbonyl (C=O) groups is 1. The normalized spacial score (nSPS) is 12.4. The van der Waals surface area contributed by atoms with Crippen LogP contribution in [-0.2, 0) is 4.79 Å². The Balaban J connectivity index is 2.43. The highest BCUT2D eigenvalue weighted by Crippen LogP contribution is 2.29. The minimum Gasteiger partial charge on any atom is -0.504 e. The van der Waals surface area contributed by atoms with E-state index in [9.17, 15) is 15.0 Å². The molecule has 0 aliphatic carbocycles. The highest BCUT2D eigenvalue weighted by Gasteiger charge is 2.12. The van der Waals surface area contributed by atoms with Gasteiger partial charge in [0.2, 0.25) is 0 Å². The molecule has 0 aliphatic rings. The van der Waals surface area contributed by atoms with Crippen LogP contribution in [-0.4, -0.2) is 29.8 Å². The number of aliphatic hydroxyl groups is 1. The molecule has 0 aliphatic heterocycles. The fraction of sp³-hybridized carbons (Fsp3) is 0.550. The molecule has 0 aromatic heterocycles. The Labute approximate surface area is 150 Å². The molecule has 140 valence electrons. The van der Waals surface area contributed by atoms with Gasteiger partial charge >= 0.3 is 5.97 Å². The average molecular weight is 349 g/mol. The fourth-order valence-corrected chi connectivity index (χ4v) is 2.50. The maximum Gasteiger partial charge on any atom is 0.335 e. The van der Waals surface area contributed by atoms with Crippen LogP contribution >= 0.6 is 0 Å². The van der Waals surface area contributed by atoms with Crippen LogP contribution in [0.5, 0.6) is 11.5 Å². The van der Waals surface area contributed by atoms with Crippen LogP contribution in [0.2, 0.25) is 0 Å². The van der Waals surface area contributed by atoms with Gasteiger partial charge < -0.3 is 20.3 Å². The first-order valence-electron chi connectivity index (χ1n) is 9.12. The molecule has 1 rings (SSSR count). The summed E-state index contributed by atoms with van der Waals surface area (Å²) in [5.41, 5.74) is 0.575. The molecule has 0 amide bonds. The second-order valence-corrected chi connectivity index (χ2v) is 6.18. The number of ether oxygens (including phenoxy) is 1. The van der Waals surface area contributed by atoms with Crippen molar-refractivity contribution in [3.63, 3.8) is 0 Å². The smallest absolute Gasteiger partial charge is 0.335 e. The summed E-state index contributed by atoms with van der Waals surface area (Å²) in [6, 6.07) is 4.50. The third-order valence-electron chi connectivity index (χ3n) is 3.95. The van der Waals surface area contributed by atoms with E-state index in [1.807, 2.05) is 0 Å². The standard InChI is InChI=1S/C20H31NO4/c1-3-4-5-6-7-8-9-10-11-20(24)25-19-14-16(12-13-17(19)22)18(23)15-21-2/h10-14,18,21-23H,3-9,15H2,1-2H3. The number of aliphatic hydroxyl groups excluding tert-OH is 1. The minimum absolute atomic E-state index is 0.0573. The highest BCUT2D eigenvalue weighted by molar-refractivity contribution is 5.84. The van der Waals surface area contributed by atoms with Crippen LogP contribution < -0.4 is 10.1 Å². The number of esters is 1. The van der Waals surface area contributed by atoms with Gasteiger partial charge in [-0.1, -0.05) is 51.2 Å². The fourth-order valence-electron chi connectivity index (χ4n) is 2.50. The van der Waals surface area contributed by atoms with Gasteiger partial charge in [0.1, 0.15) is 0 Å². The molecule has 0 heterocycles. The van der Waals surface area contributed by atoms with E-state index in [1.54, 1.807) is 19.2 Å². The number of nitrogens with one attached hydrogen (secondary N) is 1. The van der Waals surface area contributed by atoms with Crippen molar-refractivity contribution < 1.29 is 19.7 Å². The summed E-state index contributed by atoms with van der Waals surface area (Å²) < 4.78 is 5.17. The first-order valence-corrected chi connectivity index (χ1v) is 9.12. The Bertz CT molecular complexity index is 542. The number of carbonyl (C=O) groups excluding carboxylic acids is 1. The number of phenolic OH excluding ortho intramolecular Hbond substituents is 1. The SMILES string of the molecule is CCCCCCCCC=CC(=O)Oc1cc(C(O)CNC)ccc1O. The predicted molar refractivity (Wildman–Crippen MR) is 99.8 cm³/mol. The molecule has 5 nitrogen and oxygen atoms in total. The molecule has 0 radical (unpaired) electrons. The Hall–Kier alpha value is -1.85. The molecule has 1 aromatic carbocycles.